The van der Waals surface area contributed by atoms with E-state index in [-0.39, 0.29) is 42.5 Å². The number of amides is 3. The topological polar surface area (TPSA) is 84.0 Å². The number of esters is 1. The smallest absolute Gasteiger partial charge is 0.316 e. The Morgan fingerprint density at radius 2 is 1.54 bits per heavy atom. The van der Waals surface area contributed by atoms with E-state index in [4.69, 9.17) is 4.74 Å². The number of para-hydroxylation sites is 1. The van der Waals surface area contributed by atoms with Crippen LogP contribution < -0.4 is 14.5 Å². The van der Waals surface area contributed by atoms with Gasteiger partial charge in [-0.2, -0.15) is 0 Å². The lowest BCUT2D eigenvalue weighted by atomic mass is 9.82. The van der Waals surface area contributed by atoms with Gasteiger partial charge in [0.1, 0.15) is 5.75 Å². The van der Waals surface area contributed by atoms with Gasteiger partial charge in [-0.15, -0.1) is 0 Å². The first-order valence-corrected chi connectivity index (χ1v) is 12.0. The lowest BCUT2D eigenvalue weighted by Gasteiger charge is -2.21. The molecule has 180 valence electrons. The molecule has 0 N–H and O–H groups in total. The SMILES string of the molecule is CC1=CC[C@@H]2C(=O)N(c3ccc(OC(=O)[C@H]4CC(=O)N(c5c(C)cccc5C)C4)cc3)C(=O)[C@@H]2C1. The summed E-state index contributed by atoms with van der Waals surface area (Å²) in [6.07, 6.45) is 3.33. The highest BCUT2D eigenvalue weighted by Crippen LogP contribution is 2.40. The van der Waals surface area contributed by atoms with Gasteiger partial charge in [-0.05, 0) is 69.0 Å². The van der Waals surface area contributed by atoms with Crippen molar-refractivity contribution in [3.63, 3.8) is 0 Å². The molecule has 2 heterocycles. The monoisotopic (exact) mass is 472 g/mol. The largest absolute Gasteiger partial charge is 0.426 e. The van der Waals surface area contributed by atoms with Crippen molar-refractivity contribution >= 4 is 35.1 Å². The minimum atomic E-state index is -0.568. The quantitative estimate of drug-likeness (QED) is 0.289. The van der Waals surface area contributed by atoms with E-state index in [0.29, 0.717) is 24.3 Å². The highest BCUT2D eigenvalue weighted by atomic mass is 16.5. The summed E-state index contributed by atoms with van der Waals surface area (Å²) < 4.78 is 5.56. The average molecular weight is 473 g/mol. The molecule has 0 aromatic heterocycles. The number of hydrogen-bond donors (Lipinski definition) is 0. The number of rotatable bonds is 4. The summed E-state index contributed by atoms with van der Waals surface area (Å²) in [6, 6.07) is 12.3. The number of carbonyl (C=O) groups is 4. The predicted molar refractivity (Wildman–Crippen MR) is 131 cm³/mol. The van der Waals surface area contributed by atoms with E-state index in [1.807, 2.05) is 45.0 Å². The summed E-state index contributed by atoms with van der Waals surface area (Å²) in [5.74, 6) is -1.78. The normalized spacial score (nSPS) is 24.0. The van der Waals surface area contributed by atoms with E-state index in [2.05, 4.69) is 0 Å². The number of aryl methyl sites for hydroxylation is 2. The molecule has 2 aromatic rings. The minimum Gasteiger partial charge on any atom is -0.426 e. The Hall–Kier alpha value is -3.74. The van der Waals surface area contributed by atoms with Crippen molar-refractivity contribution in [1.29, 1.82) is 0 Å². The first-order chi connectivity index (χ1) is 16.7. The second-order valence-corrected chi connectivity index (χ2v) is 9.78. The molecule has 7 heteroatoms. The maximum atomic E-state index is 12.9. The van der Waals surface area contributed by atoms with E-state index < -0.39 is 11.9 Å². The van der Waals surface area contributed by atoms with Crippen molar-refractivity contribution in [2.45, 2.75) is 40.0 Å². The molecular formula is C28H28N2O5. The zero-order valence-corrected chi connectivity index (χ0v) is 20.1. The maximum Gasteiger partial charge on any atom is 0.316 e. The third-order valence-corrected chi connectivity index (χ3v) is 7.30. The number of anilines is 2. The molecule has 7 nitrogen and oxygen atoms in total. The summed E-state index contributed by atoms with van der Waals surface area (Å²) in [5.41, 5.74) is 4.43. The first kappa shape index (κ1) is 23.0. The van der Waals surface area contributed by atoms with Crippen molar-refractivity contribution < 1.29 is 23.9 Å². The third-order valence-electron chi connectivity index (χ3n) is 7.30. The predicted octanol–water partition coefficient (Wildman–Crippen LogP) is 4.11. The van der Waals surface area contributed by atoms with Gasteiger partial charge in [0.15, 0.2) is 0 Å². The van der Waals surface area contributed by atoms with Gasteiger partial charge in [-0.3, -0.25) is 24.1 Å². The van der Waals surface area contributed by atoms with Crippen LogP contribution in [0.25, 0.3) is 0 Å². The van der Waals surface area contributed by atoms with Gasteiger partial charge in [-0.1, -0.05) is 29.8 Å². The number of hydrogen-bond acceptors (Lipinski definition) is 5. The van der Waals surface area contributed by atoms with Crippen LogP contribution in [-0.4, -0.2) is 30.2 Å². The number of nitrogens with zero attached hydrogens (tertiary/aromatic N) is 2. The highest BCUT2D eigenvalue weighted by Gasteiger charge is 2.48. The van der Waals surface area contributed by atoms with Crippen LogP contribution in [-0.2, 0) is 19.2 Å². The highest BCUT2D eigenvalue weighted by molar-refractivity contribution is 6.22. The lowest BCUT2D eigenvalue weighted by Crippen LogP contribution is -2.30. The summed E-state index contributed by atoms with van der Waals surface area (Å²) in [4.78, 5) is 54.2. The fraction of sp³-hybridized carbons (Fsp3) is 0.357. The van der Waals surface area contributed by atoms with Crippen molar-refractivity contribution in [3.05, 3.63) is 65.2 Å². The Balaban J connectivity index is 1.26. The molecule has 2 fully saturated rings. The molecule has 5 rings (SSSR count). The Morgan fingerprint density at radius 3 is 2.23 bits per heavy atom. The van der Waals surface area contributed by atoms with Crippen LogP contribution in [0.15, 0.2) is 54.1 Å². The number of carbonyl (C=O) groups excluding carboxylic acids is 4. The summed E-state index contributed by atoms with van der Waals surface area (Å²) in [7, 11) is 0. The van der Waals surface area contributed by atoms with Gasteiger partial charge in [0.2, 0.25) is 17.7 Å². The van der Waals surface area contributed by atoms with Crippen LogP contribution in [0.2, 0.25) is 0 Å². The molecule has 2 aromatic carbocycles. The molecule has 1 aliphatic carbocycles. The van der Waals surface area contributed by atoms with E-state index in [1.165, 1.54) is 4.90 Å². The van der Waals surface area contributed by atoms with Gasteiger partial charge in [0.05, 0.1) is 23.4 Å². The molecule has 0 unspecified atom stereocenters. The zero-order chi connectivity index (χ0) is 24.9. The van der Waals surface area contributed by atoms with E-state index in [0.717, 1.165) is 22.4 Å². The fourth-order valence-corrected chi connectivity index (χ4v) is 5.47. The number of benzene rings is 2. The standard InChI is InChI=1S/C28H28N2O5/c1-16-7-12-22-23(13-16)27(33)30(26(22)32)20-8-10-21(11-9-20)35-28(34)19-14-24(31)29(15-19)25-17(2)5-4-6-18(25)3/h4-11,19,22-23H,12-15H2,1-3H3/t19-,22-,23+/m0/s1. The summed E-state index contributed by atoms with van der Waals surface area (Å²) in [5, 5.41) is 0. The number of fused-ring (bicyclic) bond motifs is 1. The first-order valence-electron chi connectivity index (χ1n) is 12.0. The summed E-state index contributed by atoms with van der Waals surface area (Å²) in [6.45, 7) is 6.16. The third kappa shape index (κ3) is 4.05. The van der Waals surface area contributed by atoms with Gasteiger partial charge in [0.25, 0.3) is 0 Å². The van der Waals surface area contributed by atoms with E-state index in [1.54, 1.807) is 29.2 Å². The van der Waals surface area contributed by atoms with Gasteiger partial charge in [-0.25, -0.2) is 0 Å². The number of allylic oxidation sites excluding steroid dienone is 2. The number of imide groups is 1. The second kappa shape index (κ2) is 8.80. The second-order valence-electron chi connectivity index (χ2n) is 9.78. The van der Waals surface area contributed by atoms with Gasteiger partial charge < -0.3 is 9.64 Å². The molecule has 3 atom stereocenters. The molecular weight excluding hydrogens is 444 g/mol. The van der Waals surface area contributed by atoms with Crippen molar-refractivity contribution in [3.8, 4) is 5.75 Å². The molecule has 2 aliphatic heterocycles. The average Bonchev–Trinajstić information content (AvgIpc) is 3.32. The van der Waals surface area contributed by atoms with Crippen LogP contribution in [0.3, 0.4) is 0 Å². The van der Waals surface area contributed by atoms with Crippen LogP contribution in [0.5, 0.6) is 5.75 Å². The molecule has 3 aliphatic rings. The maximum absolute atomic E-state index is 12.9. The molecule has 35 heavy (non-hydrogen) atoms. The van der Waals surface area contributed by atoms with Crippen molar-refractivity contribution in [1.82, 2.24) is 0 Å². The van der Waals surface area contributed by atoms with Crippen LogP contribution in [0.4, 0.5) is 11.4 Å². The molecule has 0 saturated carbocycles. The van der Waals surface area contributed by atoms with Crippen LogP contribution in [0, 0.1) is 31.6 Å². The summed E-state index contributed by atoms with van der Waals surface area (Å²) >= 11 is 0. The number of ether oxygens (including phenoxy) is 1. The fourth-order valence-electron chi connectivity index (χ4n) is 5.47. The van der Waals surface area contributed by atoms with Gasteiger partial charge in [0, 0.05) is 18.7 Å². The Labute approximate surface area is 204 Å². The molecule has 0 radical (unpaired) electrons. The van der Waals surface area contributed by atoms with Crippen LogP contribution >= 0.6 is 0 Å². The Morgan fingerprint density at radius 1 is 0.886 bits per heavy atom. The van der Waals surface area contributed by atoms with Gasteiger partial charge >= 0.3 is 5.97 Å². The molecule has 0 bridgehead atoms. The van der Waals surface area contributed by atoms with E-state index in [9.17, 15) is 19.2 Å². The Kier molecular flexibility index (Phi) is 5.79. The van der Waals surface area contributed by atoms with E-state index >= 15 is 0 Å². The lowest BCUT2D eigenvalue weighted by molar-refractivity contribution is -0.139. The zero-order valence-electron chi connectivity index (χ0n) is 20.1. The molecule has 3 amide bonds. The molecule has 0 spiro atoms. The van der Waals surface area contributed by atoms with Crippen molar-refractivity contribution in [2.75, 3.05) is 16.3 Å². The van der Waals surface area contributed by atoms with Crippen LogP contribution in [0.1, 0.15) is 37.3 Å². The molecule has 2 saturated heterocycles. The minimum absolute atomic E-state index is 0.0949. The van der Waals surface area contributed by atoms with Crippen molar-refractivity contribution in [2.24, 2.45) is 17.8 Å². The Bertz CT molecular complexity index is 1240.